The highest BCUT2D eigenvalue weighted by Gasteiger charge is 2.49. The largest absolute Gasteiger partial charge is 0.347 e. The first kappa shape index (κ1) is 21.1. The Morgan fingerprint density at radius 2 is 1.53 bits per heavy atom. The van der Waals surface area contributed by atoms with Gasteiger partial charge in [0.2, 0.25) is 17.8 Å². The van der Waals surface area contributed by atoms with Crippen LogP contribution in [0.5, 0.6) is 0 Å². The van der Waals surface area contributed by atoms with Crippen LogP contribution >= 0.6 is 11.6 Å². The number of fused-ring (bicyclic) bond motifs is 2. The lowest BCUT2D eigenvalue weighted by atomic mass is 9.85. The zero-order chi connectivity index (χ0) is 23.4. The molecular formula is C26H24ClN5O2. The van der Waals surface area contributed by atoms with Gasteiger partial charge in [-0.1, -0.05) is 65.7 Å². The second-order valence-electron chi connectivity index (χ2n) is 9.26. The number of carbonyl (C=O) groups is 2. The van der Waals surface area contributed by atoms with E-state index >= 15 is 0 Å². The minimum absolute atomic E-state index is 0.0233. The zero-order valence-electron chi connectivity index (χ0n) is 18.7. The van der Waals surface area contributed by atoms with Crippen molar-refractivity contribution in [1.82, 2.24) is 14.8 Å². The van der Waals surface area contributed by atoms with Crippen molar-refractivity contribution in [2.75, 3.05) is 10.2 Å². The number of imide groups is 1. The van der Waals surface area contributed by atoms with E-state index in [0.29, 0.717) is 23.8 Å². The molecule has 1 aromatic heterocycles. The molecule has 1 aliphatic carbocycles. The van der Waals surface area contributed by atoms with E-state index in [0.717, 1.165) is 17.5 Å². The maximum atomic E-state index is 13.1. The number of aromatic nitrogens is 3. The summed E-state index contributed by atoms with van der Waals surface area (Å²) in [5.74, 6) is -0.352. The molecule has 2 aromatic carbocycles. The average molecular weight is 474 g/mol. The Hall–Kier alpha value is -3.45. The molecule has 1 fully saturated rings. The van der Waals surface area contributed by atoms with E-state index < -0.39 is 0 Å². The minimum atomic E-state index is -0.319. The molecule has 8 heteroatoms. The van der Waals surface area contributed by atoms with E-state index in [4.69, 9.17) is 16.7 Å². The molecule has 7 nitrogen and oxygen atoms in total. The second-order valence-corrected chi connectivity index (χ2v) is 9.69. The van der Waals surface area contributed by atoms with Crippen LogP contribution in [0.4, 0.5) is 11.9 Å². The van der Waals surface area contributed by atoms with Gasteiger partial charge in [-0.15, -0.1) is 5.10 Å². The van der Waals surface area contributed by atoms with Crippen LogP contribution in [0.2, 0.25) is 5.02 Å². The van der Waals surface area contributed by atoms with Crippen molar-refractivity contribution in [3.63, 3.8) is 0 Å². The Labute approximate surface area is 202 Å². The van der Waals surface area contributed by atoms with Gasteiger partial charge >= 0.3 is 0 Å². The van der Waals surface area contributed by atoms with Gasteiger partial charge in [0.15, 0.2) is 0 Å². The summed E-state index contributed by atoms with van der Waals surface area (Å²) < 4.78 is 1.81. The second kappa shape index (κ2) is 8.09. The number of allylic oxidation sites excluding steroid dienone is 2. The summed E-state index contributed by atoms with van der Waals surface area (Å²) in [6.45, 7) is 2.06. The third-order valence-electron chi connectivity index (χ3n) is 7.12. The lowest BCUT2D eigenvalue weighted by Crippen LogP contribution is -2.32. The molecule has 3 aromatic rings. The van der Waals surface area contributed by atoms with Crippen LogP contribution in [0, 0.1) is 18.8 Å². The Bertz CT molecular complexity index is 1270. The third kappa shape index (κ3) is 3.42. The standard InChI is InChI=1S/C26H24ClN5O2/c1-15-6-8-17(9-7-15)22-14-21(16-10-12-18(27)13-11-16)28-25-29-26(30-32(22)25)31-23(33)19-4-2-3-5-20(19)24(31)34/h2-3,6-13,19-22H,4-5,14H2,1H3,(H,28,29,30)/t19-,20+,21-,22+/m0/s1. The van der Waals surface area contributed by atoms with Crippen LogP contribution in [0.15, 0.2) is 60.7 Å². The summed E-state index contributed by atoms with van der Waals surface area (Å²) in [7, 11) is 0. The lowest BCUT2D eigenvalue weighted by molar-refractivity contribution is -0.122. The van der Waals surface area contributed by atoms with Crippen LogP contribution < -0.4 is 10.2 Å². The fraction of sp³-hybridized carbons (Fsp3) is 0.308. The number of halogens is 1. The first-order chi connectivity index (χ1) is 16.5. The molecule has 1 saturated heterocycles. The Kier molecular flexibility index (Phi) is 5.03. The molecule has 0 saturated carbocycles. The van der Waals surface area contributed by atoms with Crippen molar-refractivity contribution in [3.8, 4) is 0 Å². The van der Waals surface area contributed by atoms with E-state index in [-0.39, 0.29) is 41.7 Å². The van der Waals surface area contributed by atoms with Crippen LogP contribution in [0.3, 0.4) is 0 Å². The highest BCUT2D eigenvalue weighted by Crippen LogP contribution is 2.41. The fourth-order valence-corrected chi connectivity index (χ4v) is 5.36. The van der Waals surface area contributed by atoms with Gasteiger partial charge in [0.1, 0.15) is 0 Å². The maximum absolute atomic E-state index is 13.1. The van der Waals surface area contributed by atoms with E-state index in [2.05, 4.69) is 41.5 Å². The molecule has 4 atom stereocenters. The smallest absolute Gasteiger partial charge is 0.260 e. The van der Waals surface area contributed by atoms with E-state index in [1.54, 1.807) is 0 Å². The molecule has 3 heterocycles. The zero-order valence-corrected chi connectivity index (χ0v) is 19.4. The molecule has 34 heavy (non-hydrogen) atoms. The van der Waals surface area contributed by atoms with Crippen molar-refractivity contribution in [2.24, 2.45) is 11.8 Å². The molecule has 2 aliphatic heterocycles. The molecular weight excluding hydrogens is 450 g/mol. The molecule has 0 spiro atoms. The molecule has 3 aliphatic rings. The van der Waals surface area contributed by atoms with Gasteiger partial charge in [-0.2, -0.15) is 4.98 Å². The molecule has 0 unspecified atom stereocenters. The number of hydrogen-bond acceptors (Lipinski definition) is 5. The molecule has 0 bridgehead atoms. The first-order valence-electron chi connectivity index (χ1n) is 11.6. The third-order valence-corrected chi connectivity index (χ3v) is 7.37. The van der Waals surface area contributed by atoms with Gasteiger partial charge in [0, 0.05) is 5.02 Å². The van der Waals surface area contributed by atoms with Crippen molar-refractivity contribution in [3.05, 3.63) is 82.4 Å². The number of nitrogens with zero attached hydrogens (tertiary/aromatic N) is 4. The first-order valence-corrected chi connectivity index (χ1v) is 12.0. The van der Waals surface area contributed by atoms with Crippen molar-refractivity contribution >= 4 is 35.3 Å². The van der Waals surface area contributed by atoms with E-state index in [9.17, 15) is 9.59 Å². The predicted octanol–water partition coefficient (Wildman–Crippen LogP) is 4.84. The van der Waals surface area contributed by atoms with Crippen molar-refractivity contribution in [1.29, 1.82) is 0 Å². The number of nitrogens with one attached hydrogen (secondary N) is 1. The van der Waals surface area contributed by atoms with Gasteiger partial charge in [-0.25, -0.2) is 9.58 Å². The van der Waals surface area contributed by atoms with Crippen molar-refractivity contribution < 1.29 is 9.59 Å². The number of benzene rings is 2. The predicted molar refractivity (Wildman–Crippen MR) is 130 cm³/mol. The summed E-state index contributed by atoms with van der Waals surface area (Å²) in [5.41, 5.74) is 3.36. The summed E-state index contributed by atoms with van der Waals surface area (Å²) in [6.07, 6.45) is 5.86. The number of carbonyl (C=O) groups excluding carboxylic acids is 2. The molecule has 172 valence electrons. The van der Waals surface area contributed by atoms with Gasteiger partial charge < -0.3 is 5.32 Å². The van der Waals surface area contributed by atoms with E-state index in [1.807, 2.05) is 41.1 Å². The van der Waals surface area contributed by atoms with E-state index in [1.165, 1.54) is 10.5 Å². The molecule has 6 rings (SSSR count). The van der Waals surface area contributed by atoms with Gasteiger partial charge in [-0.05, 0) is 49.4 Å². The Balaban J connectivity index is 1.40. The SMILES string of the molecule is Cc1ccc([C@H]2C[C@@H](c3ccc(Cl)cc3)Nc3nc(N4C(=O)[C@H]5CC=CC[C@H]5C4=O)nn32)cc1. The highest BCUT2D eigenvalue weighted by molar-refractivity contribution is 6.30. The molecule has 1 N–H and O–H groups in total. The lowest BCUT2D eigenvalue weighted by Gasteiger charge is -2.31. The van der Waals surface area contributed by atoms with Gasteiger partial charge in [-0.3, -0.25) is 9.59 Å². The number of aryl methyl sites for hydroxylation is 1. The molecule has 2 amide bonds. The van der Waals surface area contributed by atoms with Gasteiger partial charge in [0.25, 0.3) is 5.95 Å². The topological polar surface area (TPSA) is 80.1 Å². The summed E-state index contributed by atoms with van der Waals surface area (Å²) in [6, 6.07) is 16.0. The quantitative estimate of drug-likeness (QED) is 0.435. The number of hydrogen-bond donors (Lipinski definition) is 1. The maximum Gasteiger partial charge on any atom is 0.260 e. The number of rotatable bonds is 3. The van der Waals surface area contributed by atoms with Crippen LogP contribution in [0.25, 0.3) is 0 Å². The van der Waals surface area contributed by atoms with Gasteiger partial charge in [0.05, 0.1) is 23.9 Å². The monoisotopic (exact) mass is 473 g/mol. The van der Waals surface area contributed by atoms with Crippen LogP contribution in [0.1, 0.15) is 48.0 Å². The average Bonchev–Trinajstić information content (AvgIpc) is 3.38. The summed E-state index contributed by atoms with van der Waals surface area (Å²) >= 11 is 6.11. The highest BCUT2D eigenvalue weighted by atomic mass is 35.5. The van der Waals surface area contributed by atoms with Crippen LogP contribution in [-0.4, -0.2) is 26.6 Å². The minimum Gasteiger partial charge on any atom is -0.347 e. The van der Waals surface area contributed by atoms with Crippen LogP contribution in [-0.2, 0) is 9.59 Å². The Morgan fingerprint density at radius 3 is 2.18 bits per heavy atom. The summed E-state index contributed by atoms with van der Waals surface area (Å²) in [4.78, 5) is 32.1. The summed E-state index contributed by atoms with van der Waals surface area (Å²) in [5, 5.41) is 8.85. The number of amides is 2. The Morgan fingerprint density at radius 1 is 0.912 bits per heavy atom. The molecule has 0 radical (unpaired) electrons. The normalized spacial score (nSPS) is 25.8. The number of anilines is 2. The fourth-order valence-electron chi connectivity index (χ4n) is 5.24. The van der Waals surface area contributed by atoms with Crippen molar-refractivity contribution in [2.45, 2.75) is 38.3 Å².